The van der Waals surface area contributed by atoms with Crippen molar-refractivity contribution in [2.24, 2.45) is 5.73 Å². The van der Waals surface area contributed by atoms with Crippen molar-refractivity contribution >= 4 is 5.97 Å². The van der Waals surface area contributed by atoms with Crippen LogP contribution < -0.4 is 10.5 Å². The van der Waals surface area contributed by atoms with Crippen LogP contribution in [0.15, 0.2) is 12.1 Å². The maximum atomic E-state index is 12.2. The van der Waals surface area contributed by atoms with Gasteiger partial charge in [0.25, 0.3) is 0 Å². The van der Waals surface area contributed by atoms with Gasteiger partial charge in [-0.05, 0) is 11.6 Å². The van der Waals surface area contributed by atoms with Crippen LogP contribution in [0.4, 0.5) is 8.78 Å². The number of esters is 1. The van der Waals surface area contributed by atoms with Crippen molar-refractivity contribution in [1.82, 2.24) is 0 Å². The summed E-state index contributed by atoms with van der Waals surface area (Å²) in [6.45, 7) is -3.13. The first-order valence-electron chi connectivity index (χ1n) is 4.84. The molecular weight excluding hydrogens is 246 g/mol. The Morgan fingerprint density at radius 3 is 2.67 bits per heavy atom. The number of methoxy groups -OCH3 is 1. The van der Waals surface area contributed by atoms with Gasteiger partial charge in [-0.1, -0.05) is 6.07 Å². The largest absolute Gasteiger partial charge is 0.465 e. The van der Waals surface area contributed by atoms with Gasteiger partial charge in [-0.15, -0.1) is 0 Å². The lowest BCUT2D eigenvalue weighted by atomic mass is 10.0. The number of alkyl halides is 2. The van der Waals surface area contributed by atoms with Gasteiger partial charge in [-0.3, -0.25) is 0 Å². The fourth-order valence-electron chi connectivity index (χ4n) is 1.44. The van der Waals surface area contributed by atoms with Crippen molar-refractivity contribution in [1.29, 1.82) is 5.26 Å². The quantitative estimate of drug-likeness (QED) is 0.823. The van der Waals surface area contributed by atoms with Crippen molar-refractivity contribution < 1.29 is 23.0 Å². The highest BCUT2D eigenvalue weighted by molar-refractivity contribution is 5.94. The van der Waals surface area contributed by atoms with Crippen LogP contribution in [0, 0.1) is 11.3 Å². The van der Waals surface area contributed by atoms with Crippen molar-refractivity contribution in [3.63, 3.8) is 0 Å². The molecule has 0 amide bonds. The van der Waals surface area contributed by atoms with Gasteiger partial charge in [0.15, 0.2) is 0 Å². The van der Waals surface area contributed by atoms with Gasteiger partial charge in [0, 0.05) is 6.54 Å². The lowest BCUT2D eigenvalue weighted by molar-refractivity contribution is -0.0501. The predicted molar refractivity (Wildman–Crippen MR) is 57.0 cm³/mol. The summed E-state index contributed by atoms with van der Waals surface area (Å²) in [7, 11) is 1.12. The lowest BCUT2D eigenvalue weighted by Gasteiger charge is -2.12. The molecule has 0 aliphatic heterocycles. The average Bonchev–Trinajstić information content (AvgIpc) is 2.36. The molecule has 0 spiro atoms. The third-order valence-corrected chi connectivity index (χ3v) is 2.19. The Hall–Kier alpha value is -2.20. The lowest BCUT2D eigenvalue weighted by Crippen LogP contribution is -2.13. The molecule has 0 aliphatic rings. The highest BCUT2D eigenvalue weighted by Gasteiger charge is 2.22. The number of hydrogen-bond donors (Lipinski definition) is 1. The summed E-state index contributed by atoms with van der Waals surface area (Å²) >= 11 is 0. The molecule has 0 aromatic heterocycles. The number of nitrogens with zero attached hydrogens (tertiary/aromatic N) is 1. The molecule has 1 rings (SSSR count). The molecule has 2 N–H and O–H groups in total. The molecule has 5 nitrogen and oxygen atoms in total. The fourth-order valence-corrected chi connectivity index (χ4v) is 1.44. The maximum absolute atomic E-state index is 12.2. The summed E-state index contributed by atoms with van der Waals surface area (Å²) in [5.74, 6) is -1.21. The van der Waals surface area contributed by atoms with E-state index in [2.05, 4.69) is 9.47 Å². The van der Waals surface area contributed by atoms with Crippen LogP contribution in [0.3, 0.4) is 0 Å². The number of ether oxygens (including phenoxy) is 2. The van der Waals surface area contributed by atoms with Crippen LogP contribution in [-0.2, 0) is 11.3 Å². The van der Waals surface area contributed by atoms with Crippen molar-refractivity contribution in [3.8, 4) is 11.8 Å². The van der Waals surface area contributed by atoms with E-state index in [0.717, 1.165) is 7.11 Å². The molecule has 0 saturated heterocycles. The normalized spacial score (nSPS) is 10.0. The van der Waals surface area contributed by atoms with E-state index >= 15 is 0 Å². The summed E-state index contributed by atoms with van der Waals surface area (Å²) in [5.41, 5.74) is 5.26. The first-order valence-corrected chi connectivity index (χ1v) is 4.84. The number of carbonyl (C=O) groups excluding carboxylic acids is 1. The standard InChI is InChI=1S/C11H10F2N2O3/c1-17-10(16)9-6(4-14)2-3-8(7(9)5-15)18-11(12)13/h2-3,11H,4,14H2,1H3. The summed E-state index contributed by atoms with van der Waals surface area (Å²) in [6.07, 6.45) is 0. The van der Waals surface area contributed by atoms with Crippen molar-refractivity contribution in [3.05, 3.63) is 28.8 Å². The zero-order valence-electron chi connectivity index (χ0n) is 9.44. The third kappa shape index (κ3) is 2.73. The second kappa shape index (κ2) is 5.93. The van der Waals surface area contributed by atoms with Crippen LogP contribution in [0.1, 0.15) is 21.5 Å². The monoisotopic (exact) mass is 256 g/mol. The zero-order valence-corrected chi connectivity index (χ0v) is 9.44. The smallest absolute Gasteiger partial charge is 0.387 e. The molecule has 7 heteroatoms. The number of benzene rings is 1. The van der Waals surface area contributed by atoms with E-state index in [1.165, 1.54) is 12.1 Å². The van der Waals surface area contributed by atoms with E-state index in [-0.39, 0.29) is 23.4 Å². The Morgan fingerprint density at radius 2 is 2.22 bits per heavy atom. The third-order valence-electron chi connectivity index (χ3n) is 2.19. The van der Waals surface area contributed by atoms with Gasteiger partial charge in [0.2, 0.25) is 0 Å². The molecule has 0 atom stereocenters. The molecule has 0 aliphatic carbocycles. The first kappa shape index (κ1) is 13.9. The van der Waals surface area contributed by atoms with E-state index in [1.54, 1.807) is 6.07 Å². The number of nitriles is 1. The molecular formula is C11H10F2N2O3. The highest BCUT2D eigenvalue weighted by atomic mass is 19.3. The molecule has 1 aromatic carbocycles. The molecule has 1 aromatic rings. The molecule has 18 heavy (non-hydrogen) atoms. The Labute approximate surface area is 102 Å². The van der Waals surface area contributed by atoms with E-state index in [4.69, 9.17) is 11.0 Å². The number of halogens is 2. The second-order valence-corrected chi connectivity index (χ2v) is 3.16. The van der Waals surface area contributed by atoms with E-state index in [0.29, 0.717) is 5.56 Å². The average molecular weight is 256 g/mol. The van der Waals surface area contributed by atoms with Gasteiger partial charge in [0.05, 0.1) is 12.7 Å². The highest BCUT2D eigenvalue weighted by Crippen LogP contribution is 2.27. The minimum atomic E-state index is -3.09. The van der Waals surface area contributed by atoms with Gasteiger partial charge in [-0.2, -0.15) is 14.0 Å². The number of carbonyl (C=O) groups is 1. The van der Waals surface area contributed by atoms with Crippen LogP contribution in [-0.4, -0.2) is 19.7 Å². The van der Waals surface area contributed by atoms with Crippen LogP contribution in [0.2, 0.25) is 0 Å². The van der Waals surface area contributed by atoms with Gasteiger partial charge < -0.3 is 15.2 Å². The molecule has 0 fully saturated rings. The minimum absolute atomic E-state index is 0.0337. The Kier molecular flexibility index (Phi) is 4.57. The Morgan fingerprint density at radius 1 is 1.56 bits per heavy atom. The maximum Gasteiger partial charge on any atom is 0.387 e. The summed E-state index contributed by atoms with van der Waals surface area (Å²) in [5, 5.41) is 8.95. The van der Waals surface area contributed by atoms with Crippen molar-refractivity contribution in [2.45, 2.75) is 13.2 Å². The van der Waals surface area contributed by atoms with Crippen LogP contribution in [0.5, 0.6) is 5.75 Å². The number of hydrogen-bond acceptors (Lipinski definition) is 5. The summed E-state index contributed by atoms with van der Waals surface area (Å²) in [4.78, 5) is 11.5. The molecule has 0 bridgehead atoms. The minimum Gasteiger partial charge on any atom is -0.465 e. The Bertz CT molecular complexity index is 498. The number of nitrogens with two attached hydrogens (primary N) is 1. The number of rotatable bonds is 4. The van der Waals surface area contributed by atoms with E-state index in [9.17, 15) is 13.6 Å². The topological polar surface area (TPSA) is 85.3 Å². The molecule has 0 saturated carbocycles. The van der Waals surface area contributed by atoms with Crippen LogP contribution in [0.25, 0.3) is 0 Å². The predicted octanol–water partition coefficient (Wildman–Crippen LogP) is 1.40. The van der Waals surface area contributed by atoms with E-state index in [1.807, 2.05) is 0 Å². The summed E-state index contributed by atoms with van der Waals surface area (Å²) < 4.78 is 33.0. The first-order chi connectivity index (χ1) is 8.54. The fraction of sp³-hybridized carbons (Fsp3) is 0.273. The SMILES string of the molecule is COC(=O)c1c(CN)ccc(OC(F)F)c1C#N. The molecule has 0 radical (unpaired) electrons. The van der Waals surface area contributed by atoms with Crippen LogP contribution >= 0.6 is 0 Å². The van der Waals surface area contributed by atoms with Gasteiger partial charge in [-0.25, -0.2) is 4.79 Å². The second-order valence-electron chi connectivity index (χ2n) is 3.16. The molecule has 0 unspecified atom stereocenters. The van der Waals surface area contributed by atoms with Gasteiger partial charge >= 0.3 is 12.6 Å². The van der Waals surface area contributed by atoms with Crippen molar-refractivity contribution in [2.75, 3.05) is 7.11 Å². The van der Waals surface area contributed by atoms with Gasteiger partial charge in [0.1, 0.15) is 17.4 Å². The molecule has 96 valence electrons. The zero-order chi connectivity index (χ0) is 13.7. The summed E-state index contributed by atoms with van der Waals surface area (Å²) in [6, 6.07) is 4.15. The Balaban J connectivity index is 3.43. The van der Waals surface area contributed by atoms with E-state index < -0.39 is 12.6 Å². The molecule has 0 heterocycles.